The predicted octanol–water partition coefficient (Wildman–Crippen LogP) is 1.35. The Bertz CT molecular complexity index is 504. The zero-order valence-corrected chi connectivity index (χ0v) is 14.1. The van der Waals surface area contributed by atoms with Crippen molar-refractivity contribution < 1.29 is 4.79 Å². The Morgan fingerprint density at radius 3 is 2.81 bits per heavy atom. The molecule has 1 fully saturated rings. The summed E-state index contributed by atoms with van der Waals surface area (Å²) in [6.07, 6.45) is 2.35. The monoisotopic (exact) mass is 311 g/mol. The maximum absolute atomic E-state index is 12.6. The van der Waals surface area contributed by atoms with Crippen molar-refractivity contribution in [3.8, 4) is 0 Å². The number of amides is 1. The third-order valence-electron chi connectivity index (χ3n) is 4.14. The van der Waals surface area contributed by atoms with Gasteiger partial charge in [0.05, 0.1) is 0 Å². The van der Waals surface area contributed by atoms with E-state index in [0.29, 0.717) is 16.7 Å². The average Bonchev–Trinajstić information content (AvgIpc) is 3.04. The molecule has 2 N–H and O–H groups in total. The van der Waals surface area contributed by atoms with Gasteiger partial charge in [-0.05, 0) is 33.4 Å². The SMILES string of the molecule is CCN(C)c1nc(N)c(C(=O)N(C)CC2CCCN2C)s1. The number of aromatic nitrogens is 1. The van der Waals surface area contributed by atoms with Gasteiger partial charge in [-0.3, -0.25) is 4.79 Å². The van der Waals surface area contributed by atoms with Crippen LogP contribution < -0.4 is 10.6 Å². The van der Waals surface area contributed by atoms with E-state index in [2.05, 4.69) is 16.9 Å². The number of rotatable bonds is 5. The molecule has 0 spiro atoms. The van der Waals surface area contributed by atoms with Crippen LogP contribution in [0.3, 0.4) is 0 Å². The van der Waals surface area contributed by atoms with Crippen LogP contribution in [0.15, 0.2) is 0 Å². The van der Waals surface area contributed by atoms with Crippen LogP contribution >= 0.6 is 11.3 Å². The van der Waals surface area contributed by atoms with Gasteiger partial charge in [0.15, 0.2) is 5.13 Å². The van der Waals surface area contributed by atoms with Crippen LogP contribution in [0.1, 0.15) is 29.4 Å². The van der Waals surface area contributed by atoms with Crippen molar-refractivity contribution in [2.75, 3.05) is 51.4 Å². The van der Waals surface area contributed by atoms with Crippen molar-refractivity contribution >= 4 is 28.2 Å². The van der Waals surface area contributed by atoms with Crippen LogP contribution in [0.4, 0.5) is 10.9 Å². The minimum Gasteiger partial charge on any atom is -0.382 e. The molecule has 0 bridgehead atoms. The summed E-state index contributed by atoms with van der Waals surface area (Å²) in [7, 11) is 5.91. The number of hydrogen-bond donors (Lipinski definition) is 1. The van der Waals surface area contributed by atoms with Gasteiger partial charge in [-0.25, -0.2) is 4.98 Å². The molecule has 1 aliphatic heterocycles. The van der Waals surface area contributed by atoms with Gasteiger partial charge in [0.25, 0.3) is 5.91 Å². The molecule has 1 amide bonds. The fourth-order valence-corrected chi connectivity index (χ4v) is 3.56. The maximum Gasteiger partial charge on any atom is 0.267 e. The molecule has 2 rings (SSSR count). The number of likely N-dealkylation sites (tertiary alicyclic amines) is 1. The number of nitrogens with zero attached hydrogens (tertiary/aromatic N) is 4. The molecule has 2 heterocycles. The Labute approximate surface area is 130 Å². The van der Waals surface area contributed by atoms with E-state index in [4.69, 9.17) is 5.73 Å². The number of thiazole rings is 1. The first-order chi connectivity index (χ1) is 9.93. The van der Waals surface area contributed by atoms with E-state index < -0.39 is 0 Å². The topological polar surface area (TPSA) is 65.7 Å². The summed E-state index contributed by atoms with van der Waals surface area (Å²) < 4.78 is 0. The molecular formula is C14H25N5OS. The first-order valence-electron chi connectivity index (χ1n) is 7.37. The highest BCUT2D eigenvalue weighted by atomic mass is 32.1. The minimum absolute atomic E-state index is 0.0268. The fourth-order valence-electron chi connectivity index (χ4n) is 2.55. The van der Waals surface area contributed by atoms with Crippen LogP contribution in [0.5, 0.6) is 0 Å². The summed E-state index contributed by atoms with van der Waals surface area (Å²) in [5, 5.41) is 0.796. The first-order valence-corrected chi connectivity index (χ1v) is 8.18. The van der Waals surface area contributed by atoms with E-state index in [1.165, 1.54) is 17.8 Å². The lowest BCUT2D eigenvalue weighted by Crippen LogP contribution is -2.39. The Kier molecular flexibility index (Phi) is 5.05. The van der Waals surface area contributed by atoms with Crippen LogP contribution in [0, 0.1) is 0 Å². The average molecular weight is 311 g/mol. The van der Waals surface area contributed by atoms with Crippen molar-refractivity contribution in [1.29, 1.82) is 0 Å². The van der Waals surface area contributed by atoms with E-state index in [9.17, 15) is 4.79 Å². The van der Waals surface area contributed by atoms with Gasteiger partial charge in [-0.1, -0.05) is 11.3 Å². The molecule has 0 aliphatic carbocycles. The lowest BCUT2D eigenvalue weighted by molar-refractivity contribution is 0.0767. The van der Waals surface area contributed by atoms with Gasteiger partial charge < -0.3 is 20.4 Å². The smallest absolute Gasteiger partial charge is 0.267 e. The second kappa shape index (κ2) is 6.62. The summed E-state index contributed by atoms with van der Waals surface area (Å²) in [5.41, 5.74) is 5.92. The van der Waals surface area contributed by atoms with Gasteiger partial charge in [0, 0.05) is 33.2 Å². The molecule has 21 heavy (non-hydrogen) atoms. The van der Waals surface area contributed by atoms with Gasteiger partial charge in [0.1, 0.15) is 10.7 Å². The maximum atomic E-state index is 12.6. The van der Waals surface area contributed by atoms with Crippen molar-refractivity contribution in [1.82, 2.24) is 14.8 Å². The van der Waals surface area contributed by atoms with Crippen molar-refractivity contribution in [3.05, 3.63) is 4.88 Å². The number of likely N-dealkylation sites (N-methyl/N-ethyl adjacent to an activating group) is 2. The fraction of sp³-hybridized carbons (Fsp3) is 0.714. The molecule has 7 heteroatoms. The van der Waals surface area contributed by atoms with Crippen molar-refractivity contribution in [3.63, 3.8) is 0 Å². The third kappa shape index (κ3) is 3.47. The molecule has 0 radical (unpaired) electrons. The van der Waals surface area contributed by atoms with E-state index in [0.717, 1.165) is 31.2 Å². The van der Waals surface area contributed by atoms with Crippen LogP contribution in [-0.2, 0) is 0 Å². The lowest BCUT2D eigenvalue weighted by atomic mass is 10.2. The Balaban J connectivity index is 2.06. The van der Waals surface area contributed by atoms with Crippen molar-refractivity contribution in [2.45, 2.75) is 25.8 Å². The van der Waals surface area contributed by atoms with Crippen molar-refractivity contribution in [2.24, 2.45) is 0 Å². The number of carbonyl (C=O) groups is 1. The number of nitrogens with two attached hydrogens (primary N) is 1. The highest BCUT2D eigenvalue weighted by Crippen LogP contribution is 2.28. The molecule has 118 valence electrons. The van der Waals surface area contributed by atoms with Crippen LogP contribution in [0.2, 0.25) is 0 Å². The quantitative estimate of drug-likeness (QED) is 0.889. The first kappa shape index (κ1) is 16.0. The van der Waals surface area contributed by atoms with Gasteiger partial charge >= 0.3 is 0 Å². The molecule has 1 aromatic heterocycles. The highest BCUT2D eigenvalue weighted by Gasteiger charge is 2.26. The Morgan fingerprint density at radius 1 is 1.52 bits per heavy atom. The van der Waals surface area contributed by atoms with E-state index >= 15 is 0 Å². The zero-order valence-electron chi connectivity index (χ0n) is 13.3. The summed E-state index contributed by atoms with van der Waals surface area (Å²) in [6, 6.07) is 0.450. The van der Waals surface area contributed by atoms with E-state index in [-0.39, 0.29) is 5.91 Å². The molecule has 0 aromatic carbocycles. The molecular weight excluding hydrogens is 286 g/mol. The number of carbonyl (C=O) groups excluding carboxylic acids is 1. The molecule has 6 nitrogen and oxygen atoms in total. The molecule has 1 aliphatic rings. The Hall–Kier alpha value is -1.34. The molecule has 1 unspecified atom stereocenters. The van der Waals surface area contributed by atoms with Crippen LogP contribution in [-0.4, -0.2) is 67.5 Å². The normalized spacial score (nSPS) is 19.0. The molecule has 1 saturated heterocycles. The lowest BCUT2D eigenvalue weighted by Gasteiger charge is -2.25. The summed E-state index contributed by atoms with van der Waals surface area (Å²) in [5.74, 6) is 0.313. The predicted molar refractivity (Wildman–Crippen MR) is 88.1 cm³/mol. The van der Waals surface area contributed by atoms with Gasteiger partial charge in [0.2, 0.25) is 0 Å². The minimum atomic E-state index is -0.0268. The highest BCUT2D eigenvalue weighted by molar-refractivity contribution is 7.18. The van der Waals surface area contributed by atoms with Gasteiger partial charge in [-0.15, -0.1) is 0 Å². The standard InChI is InChI=1S/C14H25N5OS/c1-5-17(2)14-16-12(15)11(21-14)13(20)19(4)9-10-7-6-8-18(10)3/h10H,5-9,15H2,1-4H3. The van der Waals surface area contributed by atoms with E-state index in [1.54, 1.807) is 4.90 Å². The number of anilines is 2. The second-order valence-electron chi connectivity index (χ2n) is 5.69. The zero-order chi connectivity index (χ0) is 15.6. The molecule has 1 atom stereocenters. The third-order valence-corrected chi connectivity index (χ3v) is 5.31. The molecule has 0 saturated carbocycles. The summed E-state index contributed by atoms with van der Waals surface area (Å²) in [4.78, 5) is 23.5. The number of hydrogen-bond acceptors (Lipinski definition) is 6. The molecule has 1 aromatic rings. The van der Waals surface area contributed by atoms with Gasteiger partial charge in [-0.2, -0.15) is 0 Å². The van der Waals surface area contributed by atoms with E-state index in [1.807, 2.05) is 25.9 Å². The Morgan fingerprint density at radius 2 is 2.24 bits per heavy atom. The van der Waals surface area contributed by atoms with Crippen LogP contribution in [0.25, 0.3) is 0 Å². The summed E-state index contributed by atoms with van der Waals surface area (Å²) >= 11 is 1.37. The summed E-state index contributed by atoms with van der Waals surface area (Å²) in [6.45, 7) is 4.73. The largest absolute Gasteiger partial charge is 0.382 e. The second-order valence-corrected chi connectivity index (χ2v) is 6.66. The number of nitrogen functional groups attached to an aromatic ring is 1.